The van der Waals surface area contributed by atoms with E-state index in [9.17, 15) is 9.59 Å². The lowest BCUT2D eigenvalue weighted by Crippen LogP contribution is -2.21. The molecule has 1 aliphatic rings. The van der Waals surface area contributed by atoms with Gasteiger partial charge < -0.3 is 9.32 Å². The van der Waals surface area contributed by atoms with Gasteiger partial charge in [0, 0.05) is 36.4 Å². The number of ketones is 1. The lowest BCUT2D eigenvalue weighted by molar-refractivity contribution is -0.116. The highest BCUT2D eigenvalue weighted by atomic mass is 32.2. The molecule has 0 spiro atoms. The predicted octanol–water partition coefficient (Wildman–Crippen LogP) is 3.07. The van der Waals surface area contributed by atoms with Crippen molar-refractivity contribution in [1.82, 2.24) is 0 Å². The molecule has 7 heteroatoms. The summed E-state index contributed by atoms with van der Waals surface area (Å²) in [4.78, 5) is 30.3. The number of nitrogens with zero attached hydrogens (tertiary/aromatic N) is 2. The number of Topliss-reactive ketones (excluding diaryl/α,β-unsaturated/α-hetero) is 1. The molecule has 1 fully saturated rings. The Morgan fingerprint density at radius 3 is 2.72 bits per heavy atom. The third-order valence-corrected chi connectivity index (χ3v) is 5.64. The van der Waals surface area contributed by atoms with Crippen molar-refractivity contribution in [3.05, 3.63) is 40.2 Å². The molecule has 0 saturated carbocycles. The summed E-state index contributed by atoms with van der Waals surface area (Å²) in [5.74, 6) is 0.321. The van der Waals surface area contributed by atoms with E-state index in [2.05, 4.69) is 23.7 Å². The maximum atomic E-state index is 12.2. The summed E-state index contributed by atoms with van der Waals surface area (Å²) in [5, 5.41) is 0.812. The molecule has 2 aromatic rings. The molecular weight excluding hydrogens is 356 g/mol. The van der Waals surface area contributed by atoms with Crippen LogP contribution in [0.15, 0.2) is 38.5 Å². The number of aliphatic imine (C=N–C) groups is 1. The summed E-state index contributed by atoms with van der Waals surface area (Å²) in [6.45, 7) is 5.92. The van der Waals surface area contributed by atoms with Crippen LogP contribution in [0.2, 0.25) is 0 Å². The van der Waals surface area contributed by atoms with Crippen LogP contribution in [0.25, 0.3) is 11.0 Å². The van der Waals surface area contributed by atoms with Gasteiger partial charge in [-0.15, -0.1) is 11.8 Å². The molecule has 130 valence electrons. The highest BCUT2D eigenvalue weighted by Crippen LogP contribution is 2.23. The van der Waals surface area contributed by atoms with E-state index in [0.717, 1.165) is 24.2 Å². The summed E-state index contributed by atoms with van der Waals surface area (Å²) in [7, 11) is 0. The zero-order chi connectivity index (χ0) is 18.0. The molecule has 0 aliphatic carbocycles. The number of thiocarbonyl (C=S) groups is 1. The second-order valence-corrected chi connectivity index (χ2v) is 7.35. The van der Waals surface area contributed by atoms with E-state index in [0.29, 0.717) is 21.1 Å². The average molecular weight is 374 g/mol. The number of carbonyl (C=O) groups is 1. The standard InChI is InChI=1S/C18H18N2O3S2/c1-3-20(4-2)13-6-5-11-7-12(17(22)23-15(11)8-13)9-19-16-14(21)10-25-18(16)24/h5-9,16H,3-4,10H2,1-2H3. The Morgan fingerprint density at radius 1 is 1.32 bits per heavy atom. The lowest BCUT2D eigenvalue weighted by atomic mass is 10.1. The maximum Gasteiger partial charge on any atom is 0.345 e. The van der Waals surface area contributed by atoms with Gasteiger partial charge in [-0.2, -0.15) is 0 Å². The Hall–Kier alpha value is -1.99. The highest BCUT2D eigenvalue weighted by molar-refractivity contribution is 8.24. The molecule has 1 unspecified atom stereocenters. The number of thioether (sulfide) groups is 1. The predicted molar refractivity (Wildman–Crippen MR) is 107 cm³/mol. The van der Waals surface area contributed by atoms with Gasteiger partial charge in [-0.1, -0.05) is 12.2 Å². The van der Waals surface area contributed by atoms with Crippen molar-refractivity contribution >= 4 is 56.8 Å². The zero-order valence-corrected chi connectivity index (χ0v) is 15.7. The third kappa shape index (κ3) is 3.67. The van der Waals surface area contributed by atoms with Crippen LogP contribution in [0, 0.1) is 0 Å². The number of hydrogen-bond donors (Lipinski definition) is 0. The van der Waals surface area contributed by atoms with Gasteiger partial charge >= 0.3 is 5.63 Å². The molecule has 1 aliphatic heterocycles. The van der Waals surface area contributed by atoms with E-state index in [1.165, 1.54) is 18.0 Å². The number of benzene rings is 1. The van der Waals surface area contributed by atoms with Gasteiger partial charge in [0.2, 0.25) is 0 Å². The smallest absolute Gasteiger partial charge is 0.345 e. The summed E-state index contributed by atoms with van der Waals surface area (Å²) in [6, 6.07) is 6.89. The highest BCUT2D eigenvalue weighted by Gasteiger charge is 2.29. The third-order valence-electron chi connectivity index (χ3n) is 4.12. The summed E-state index contributed by atoms with van der Waals surface area (Å²) >= 11 is 6.45. The van der Waals surface area contributed by atoms with Crippen LogP contribution in [0.3, 0.4) is 0 Å². The van der Waals surface area contributed by atoms with Crippen LogP contribution >= 0.6 is 24.0 Å². The van der Waals surface area contributed by atoms with Crippen molar-refractivity contribution in [2.75, 3.05) is 23.7 Å². The van der Waals surface area contributed by atoms with Crippen LogP contribution in [-0.2, 0) is 4.79 Å². The van der Waals surface area contributed by atoms with Crippen molar-refractivity contribution in [2.24, 2.45) is 4.99 Å². The summed E-state index contributed by atoms with van der Waals surface area (Å²) < 4.78 is 6.00. The van der Waals surface area contributed by atoms with Crippen LogP contribution in [-0.4, -0.2) is 41.1 Å². The van der Waals surface area contributed by atoms with E-state index in [1.54, 1.807) is 6.07 Å². The minimum absolute atomic E-state index is 0.0275. The largest absolute Gasteiger partial charge is 0.422 e. The van der Waals surface area contributed by atoms with E-state index in [-0.39, 0.29) is 5.78 Å². The fraction of sp³-hybridized carbons (Fsp3) is 0.333. The van der Waals surface area contributed by atoms with Crippen molar-refractivity contribution in [1.29, 1.82) is 0 Å². The lowest BCUT2D eigenvalue weighted by Gasteiger charge is -2.20. The maximum absolute atomic E-state index is 12.2. The number of carbonyl (C=O) groups excluding carboxylic acids is 1. The minimum atomic E-state index is -0.639. The molecule has 5 nitrogen and oxygen atoms in total. The molecule has 25 heavy (non-hydrogen) atoms. The van der Waals surface area contributed by atoms with Gasteiger partial charge in [0.05, 0.1) is 15.5 Å². The summed E-state index contributed by atoms with van der Waals surface area (Å²) in [5.41, 5.74) is 1.39. The molecule has 1 saturated heterocycles. The van der Waals surface area contributed by atoms with Crippen molar-refractivity contribution in [2.45, 2.75) is 19.9 Å². The van der Waals surface area contributed by atoms with Crippen molar-refractivity contribution in [3.63, 3.8) is 0 Å². The Bertz CT molecular complexity index is 900. The second-order valence-electron chi connectivity index (χ2n) is 5.64. The minimum Gasteiger partial charge on any atom is -0.422 e. The van der Waals surface area contributed by atoms with E-state index in [4.69, 9.17) is 16.6 Å². The molecule has 0 radical (unpaired) electrons. The number of hydrogen-bond acceptors (Lipinski definition) is 7. The molecule has 3 rings (SSSR count). The molecule has 0 N–H and O–H groups in total. The van der Waals surface area contributed by atoms with Gasteiger partial charge in [0.1, 0.15) is 11.6 Å². The number of anilines is 1. The summed E-state index contributed by atoms with van der Waals surface area (Å²) in [6.07, 6.45) is 1.39. The molecule has 1 atom stereocenters. The van der Waals surface area contributed by atoms with Crippen LogP contribution in [0.1, 0.15) is 19.4 Å². The van der Waals surface area contributed by atoms with Gasteiger partial charge in [0.15, 0.2) is 5.78 Å². The topological polar surface area (TPSA) is 62.9 Å². The van der Waals surface area contributed by atoms with E-state index in [1.807, 2.05) is 18.2 Å². The fourth-order valence-corrected chi connectivity index (χ4v) is 3.88. The first-order valence-corrected chi connectivity index (χ1v) is 9.48. The quantitative estimate of drug-likeness (QED) is 0.455. The molecular formula is C18H18N2O3S2. The number of fused-ring (bicyclic) bond motifs is 1. The SMILES string of the molecule is CCN(CC)c1ccc2cc(C=NC3C(=O)CSC3=S)c(=O)oc2c1. The first-order chi connectivity index (χ1) is 12.0. The Kier molecular flexibility index (Phi) is 5.34. The van der Waals surface area contributed by atoms with Gasteiger partial charge in [0.25, 0.3) is 0 Å². The van der Waals surface area contributed by atoms with Crippen molar-refractivity contribution < 1.29 is 9.21 Å². The van der Waals surface area contributed by atoms with E-state index < -0.39 is 11.7 Å². The molecule has 1 aromatic heterocycles. The molecule has 0 bridgehead atoms. The van der Waals surface area contributed by atoms with Gasteiger partial charge in [-0.05, 0) is 32.0 Å². The molecule has 2 heterocycles. The second kappa shape index (κ2) is 7.49. The first kappa shape index (κ1) is 17.8. The Morgan fingerprint density at radius 2 is 2.08 bits per heavy atom. The normalized spacial score (nSPS) is 17.8. The van der Waals surface area contributed by atoms with Crippen molar-refractivity contribution in [3.8, 4) is 0 Å². The van der Waals surface area contributed by atoms with Gasteiger partial charge in [-0.3, -0.25) is 9.79 Å². The average Bonchev–Trinajstić information content (AvgIpc) is 2.92. The molecule has 0 amide bonds. The first-order valence-electron chi connectivity index (χ1n) is 8.09. The van der Waals surface area contributed by atoms with E-state index >= 15 is 0 Å². The monoisotopic (exact) mass is 374 g/mol. The Balaban J connectivity index is 1.94. The molecule has 1 aromatic carbocycles. The van der Waals surface area contributed by atoms with Crippen LogP contribution < -0.4 is 10.5 Å². The fourth-order valence-electron chi connectivity index (χ4n) is 2.72. The Labute approximate surface area is 155 Å². The zero-order valence-electron chi connectivity index (χ0n) is 14.0. The van der Waals surface area contributed by atoms with Gasteiger partial charge in [-0.25, -0.2) is 4.79 Å². The number of rotatable bonds is 5. The van der Waals surface area contributed by atoms with Crippen LogP contribution in [0.4, 0.5) is 5.69 Å². The van der Waals surface area contributed by atoms with Crippen LogP contribution in [0.5, 0.6) is 0 Å².